The summed E-state index contributed by atoms with van der Waals surface area (Å²) in [6.45, 7) is -1.38. The number of rotatable bonds is 2. The average Bonchev–Trinajstić information content (AvgIpc) is 2.18. The molecule has 1 fully saturated rings. The number of carbonyl (C=O) groups excluding carboxylic acids is 1. The van der Waals surface area contributed by atoms with Gasteiger partial charge in [-0.2, -0.15) is 13.2 Å². The van der Waals surface area contributed by atoms with Crippen molar-refractivity contribution in [3.05, 3.63) is 0 Å². The smallest absolute Gasteiger partial charge is 0.407 e. The Morgan fingerprint density at radius 2 is 2.00 bits per heavy atom. The molecule has 1 aliphatic rings. The highest BCUT2D eigenvalue weighted by molar-refractivity contribution is 5.67. The fraction of sp³-hybridized carbons (Fsp3) is 0.889. The molecule has 3 N–H and O–H groups in total. The zero-order chi connectivity index (χ0) is 12.2. The molecule has 0 aliphatic heterocycles. The van der Waals surface area contributed by atoms with Crippen molar-refractivity contribution in [1.82, 2.24) is 5.32 Å². The number of nitrogens with two attached hydrogens (primary N) is 1. The Morgan fingerprint density at radius 1 is 1.38 bits per heavy atom. The molecule has 0 bridgehead atoms. The van der Waals surface area contributed by atoms with E-state index in [9.17, 15) is 18.0 Å². The molecular formula is C9H15F3N2O2. The molecule has 0 aromatic carbocycles. The van der Waals surface area contributed by atoms with Gasteiger partial charge in [-0.15, -0.1) is 0 Å². The molecule has 1 rings (SSSR count). The van der Waals surface area contributed by atoms with E-state index in [2.05, 4.69) is 0 Å². The van der Waals surface area contributed by atoms with E-state index >= 15 is 0 Å². The fourth-order valence-corrected chi connectivity index (χ4v) is 1.62. The van der Waals surface area contributed by atoms with Crippen LogP contribution < -0.4 is 11.1 Å². The Bertz CT molecular complexity index is 245. The first-order valence-electron chi connectivity index (χ1n) is 5.15. The first-order valence-corrected chi connectivity index (χ1v) is 5.15. The number of alkyl carbamates (subject to hydrolysis) is 1. The number of ether oxygens (including phenoxy) is 1. The third-order valence-corrected chi connectivity index (χ3v) is 2.45. The molecule has 4 nitrogen and oxygen atoms in total. The number of hydrogen-bond acceptors (Lipinski definition) is 3. The number of amides is 1. The van der Waals surface area contributed by atoms with E-state index in [-0.39, 0.29) is 6.04 Å². The van der Waals surface area contributed by atoms with Gasteiger partial charge in [-0.05, 0) is 19.3 Å². The van der Waals surface area contributed by atoms with Gasteiger partial charge in [0.1, 0.15) is 12.6 Å². The van der Waals surface area contributed by atoms with Gasteiger partial charge in [0.05, 0.1) is 0 Å². The van der Waals surface area contributed by atoms with Crippen molar-refractivity contribution in [2.45, 2.75) is 44.0 Å². The van der Waals surface area contributed by atoms with Gasteiger partial charge in [0.25, 0.3) is 0 Å². The van der Waals surface area contributed by atoms with E-state index < -0.39 is 24.9 Å². The van der Waals surface area contributed by atoms with Crippen molar-refractivity contribution in [3.63, 3.8) is 0 Å². The lowest BCUT2D eigenvalue weighted by Crippen LogP contribution is -2.44. The highest BCUT2D eigenvalue weighted by Crippen LogP contribution is 2.20. The first kappa shape index (κ1) is 13.1. The quantitative estimate of drug-likeness (QED) is 0.769. The molecule has 0 aromatic rings. The minimum Gasteiger partial charge on any atom is -0.445 e. The SMILES string of the molecule is NC1CCCCC1OC(=O)NCC(F)(F)F. The van der Waals surface area contributed by atoms with Crippen LogP contribution >= 0.6 is 0 Å². The highest BCUT2D eigenvalue weighted by Gasteiger charge is 2.30. The molecule has 0 radical (unpaired) electrons. The lowest BCUT2D eigenvalue weighted by Gasteiger charge is -2.28. The van der Waals surface area contributed by atoms with E-state index in [0.717, 1.165) is 19.3 Å². The van der Waals surface area contributed by atoms with Gasteiger partial charge in [0.2, 0.25) is 0 Å². The number of nitrogens with one attached hydrogen (secondary N) is 1. The molecule has 2 atom stereocenters. The Hall–Kier alpha value is -0.980. The summed E-state index contributed by atoms with van der Waals surface area (Å²) in [4.78, 5) is 11.0. The van der Waals surface area contributed by atoms with Gasteiger partial charge in [0.15, 0.2) is 0 Å². The Labute approximate surface area is 91.3 Å². The number of halogens is 3. The van der Waals surface area contributed by atoms with Crippen molar-refractivity contribution in [2.24, 2.45) is 5.73 Å². The summed E-state index contributed by atoms with van der Waals surface area (Å²) in [6.07, 6.45) is -2.76. The molecule has 0 saturated heterocycles. The molecule has 94 valence electrons. The van der Waals surface area contributed by atoms with Crippen molar-refractivity contribution >= 4 is 6.09 Å². The van der Waals surface area contributed by atoms with Gasteiger partial charge in [-0.25, -0.2) is 4.79 Å². The number of hydrogen-bond donors (Lipinski definition) is 2. The summed E-state index contributed by atoms with van der Waals surface area (Å²) in [5.41, 5.74) is 5.68. The summed E-state index contributed by atoms with van der Waals surface area (Å²) >= 11 is 0. The van der Waals surface area contributed by atoms with Crippen LogP contribution in [0.4, 0.5) is 18.0 Å². The normalized spacial score (nSPS) is 26.2. The van der Waals surface area contributed by atoms with Crippen LogP contribution in [0.2, 0.25) is 0 Å². The molecule has 0 spiro atoms. The van der Waals surface area contributed by atoms with E-state index in [1.165, 1.54) is 0 Å². The first-order chi connectivity index (χ1) is 7.38. The van der Waals surface area contributed by atoms with Crippen LogP contribution in [-0.4, -0.2) is 31.0 Å². The molecule has 1 aliphatic carbocycles. The van der Waals surface area contributed by atoms with Crippen LogP contribution in [0.1, 0.15) is 25.7 Å². The predicted molar refractivity (Wildman–Crippen MR) is 50.8 cm³/mol. The summed E-state index contributed by atoms with van der Waals surface area (Å²) in [5, 5.41) is 1.65. The number of carbonyl (C=O) groups is 1. The second kappa shape index (κ2) is 5.38. The fourth-order valence-electron chi connectivity index (χ4n) is 1.62. The Kier molecular flexibility index (Phi) is 4.40. The second-order valence-electron chi connectivity index (χ2n) is 3.86. The molecule has 0 aromatic heterocycles. The van der Waals surface area contributed by atoms with Crippen LogP contribution in [-0.2, 0) is 4.74 Å². The van der Waals surface area contributed by atoms with Crippen LogP contribution in [0.5, 0.6) is 0 Å². The standard InChI is InChI=1S/C9H15F3N2O2/c10-9(11,12)5-14-8(15)16-7-4-2-1-3-6(7)13/h6-7H,1-5,13H2,(H,14,15). The van der Waals surface area contributed by atoms with E-state index in [0.29, 0.717) is 6.42 Å². The van der Waals surface area contributed by atoms with Crippen molar-refractivity contribution in [3.8, 4) is 0 Å². The summed E-state index contributed by atoms with van der Waals surface area (Å²) in [6, 6.07) is -0.273. The van der Waals surface area contributed by atoms with E-state index in [1.807, 2.05) is 0 Å². The van der Waals surface area contributed by atoms with Crippen molar-refractivity contribution in [1.29, 1.82) is 0 Å². The maximum atomic E-state index is 11.8. The van der Waals surface area contributed by atoms with Gasteiger partial charge < -0.3 is 15.8 Å². The third-order valence-electron chi connectivity index (χ3n) is 2.45. The van der Waals surface area contributed by atoms with Crippen LogP contribution in [0.25, 0.3) is 0 Å². The van der Waals surface area contributed by atoms with Gasteiger partial charge >= 0.3 is 12.3 Å². The Balaban J connectivity index is 2.28. The summed E-state index contributed by atoms with van der Waals surface area (Å²) in [7, 11) is 0. The van der Waals surface area contributed by atoms with Gasteiger partial charge in [-0.3, -0.25) is 0 Å². The zero-order valence-corrected chi connectivity index (χ0v) is 8.72. The van der Waals surface area contributed by atoms with Crippen molar-refractivity contribution < 1.29 is 22.7 Å². The van der Waals surface area contributed by atoms with Crippen LogP contribution in [0.3, 0.4) is 0 Å². The second-order valence-corrected chi connectivity index (χ2v) is 3.86. The maximum Gasteiger partial charge on any atom is 0.407 e. The zero-order valence-electron chi connectivity index (χ0n) is 8.72. The highest BCUT2D eigenvalue weighted by atomic mass is 19.4. The monoisotopic (exact) mass is 240 g/mol. The van der Waals surface area contributed by atoms with Gasteiger partial charge in [0, 0.05) is 6.04 Å². The van der Waals surface area contributed by atoms with E-state index in [1.54, 1.807) is 5.32 Å². The number of alkyl halides is 3. The van der Waals surface area contributed by atoms with Crippen LogP contribution in [0.15, 0.2) is 0 Å². The Morgan fingerprint density at radius 3 is 2.56 bits per heavy atom. The topological polar surface area (TPSA) is 64.3 Å². The average molecular weight is 240 g/mol. The van der Waals surface area contributed by atoms with Gasteiger partial charge in [-0.1, -0.05) is 6.42 Å². The molecule has 1 amide bonds. The minimum absolute atomic E-state index is 0.273. The minimum atomic E-state index is -4.42. The predicted octanol–water partition coefficient (Wildman–Crippen LogP) is 1.54. The lowest BCUT2D eigenvalue weighted by atomic mass is 9.93. The summed E-state index contributed by atoms with van der Waals surface area (Å²) < 4.78 is 40.2. The largest absolute Gasteiger partial charge is 0.445 e. The molecule has 0 heterocycles. The molecule has 7 heteroatoms. The third kappa shape index (κ3) is 4.69. The molecular weight excluding hydrogens is 225 g/mol. The molecule has 16 heavy (non-hydrogen) atoms. The molecule has 2 unspecified atom stereocenters. The maximum absolute atomic E-state index is 11.8. The molecule has 1 saturated carbocycles. The van der Waals surface area contributed by atoms with Crippen LogP contribution in [0, 0.1) is 0 Å². The summed E-state index contributed by atoms with van der Waals surface area (Å²) in [5.74, 6) is 0. The van der Waals surface area contributed by atoms with E-state index in [4.69, 9.17) is 10.5 Å². The lowest BCUT2D eigenvalue weighted by molar-refractivity contribution is -0.124. The van der Waals surface area contributed by atoms with Crippen molar-refractivity contribution in [2.75, 3.05) is 6.54 Å².